The normalized spacial score (nSPS) is 33.8. The first kappa shape index (κ1) is 27.6. The molecule has 2 saturated heterocycles. The number of likely N-dealkylation sites (tertiary alicyclic amines) is 1. The number of aliphatic hydroxyl groups excluding tert-OH is 1. The van der Waals surface area contributed by atoms with E-state index in [9.17, 15) is 19.5 Å². The summed E-state index contributed by atoms with van der Waals surface area (Å²) in [6.07, 6.45) is 12.3. The third-order valence-electron chi connectivity index (χ3n) is 8.72. The summed E-state index contributed by atoms with van der Waals surface area (Å²) >= 11 is 0. The molecule has 1 aromatic carbocycles. The van der Waals surface area contributed by atoms with E-state index >= 15 is 0 Å². The molecule has 1 aromatic rings. The number of amides is 2. The number of aliphatic hydroxyl groups is 1. The van der Waals surface area contributed by atoms with Gasteiger partial charge in [-0.05, 0) is 38.2 Å². The van der Waals surface area contributed by atoms with Gasteiger partial charge in [0, 0.05) is 13.1 Å². The van der Waals surface area contributed by atoms with Crippen LogP contribution in [0.1, 0.15) is 51.5 Å². The van der Waals surface area contributed by atoms with E-state index in [2.05, 4.69) is 6.92 Å². The summed E-state index contributed by atoms with van der Waals surface area (Å²) in [7, 11) is 0. The lowest BCUT2D eigenvalue weighted by Gasteiger charge is -2.40. The Labute approximate surface area is 230 Å². The largest absolute Gasteiger partial charge is 0.465 e. The maximum atomic E-state index is 14.5. The number of hydrogen-bond acceptors (Lipinski definition) is 6. The Kier molecular flexibility index (Phi) is 7.96. The van der Waals surface area contributed by atoms with Crippen molar-refractivity contribution < 1.29 is 29.0 Å². The number of carbonyl (C=O) groups excluding carboxylic acids is 3. The highest BCUT2D eigenvalue weighted by molar-refractivity contribution is 5.99. The number of allylic oxidation sites excluding steroid dienone is 1. The molecule has 0 aromatic heterocycles. The Morgan fingerprint density at radius 1 is 1.05 bits per heavy atom. The Morgan fingerprint density at radius 3 is 2.59 bits per heavy atom. The molecule has 0 radical (unpaired) electrons. The average molecular weight is 537 g/mol. The maximum absolute atomic E-state index is 14.5. The van der Waals surface area contributed by atoms with Crippen LogP contribution in [-0.2, 0) is 30.3 Å². The Morgan fingerprint density at radius 2 is 1.85 bits per heavy atom. The van der Waals surface area contributed by atoms with Crippen molar-refractivity contribution >= 4 is 17.8 Å². The highest BCUT2D eigenvalue weighted by Crippen LogP contribution is 2.57. The van der Waals surface area contributed by atoms with Crippen LogP contribution in [0, 0.1) is 11.8 Å². The lowest BCUT2D eigenvalue weighted by atomic mass is 9.74. The van der Waals surface area contributed by atoms with Gasteiger partial charge in [0.15, 0.2) is 0 Å². The molecule has 0 bridgehead atoms. The van der Waals surface area contributed by atoms with E-state index in [4.69, 9.17) is 9.47 Å². The smallest absolute Gasteiger partial charge is 0.313 e. The first-order valence-electron chi connectivity index (χ1n) is 14.3. The van der Waals surface area contributed by atoms with Crippen molar-refractivity contribution in [1.82, 2.24) is 9.80 Å². The van der Waals surface area contributed by atoms with E-state index in [1.165, 1.54) is 4.90 Å². The zero-order valence-corrected chi connectivity index (χ0v) is 23.0. The summed E-state index contributed by atoms with van der Waals surface area (Å²) in [6, 6.07) is 7.98. The van der Waals surface area contributed by atoms with Crippen molar-refractivity contribution in [3.8, 4) is 0 Å². The fraction of sp³-hybridized carbons (Fsp3) is 0.581. The van der Waals surface area contributed by atoms with Gasteiger partial charge in [0.2, 0.25) is 11.8 Å². The van der Waals surface area contributed by atoms with Gasteiger partial charge in [-0.15, -0.1) is 0 Å². The molecule has 5 rings (SSSR count). The van der Waals surface area contributed by atoms with E-state index in [0.29, 0.717) is 25.9 Å². The molecule has 39 heavy (non-hydrogen) atoms. The quantitative estimate of drug-likeness (QED) is 0.312. The van der Waals surface area contributed by atoms with E-state index < -0.39 is 41.1 Å². The monoisotopic (exact) mass is 536 g/mol. The van der Waals surface area contributed by atoms with Crippen molar-refractivity contribution in [1.29, 1.82) is 0 Å². The fourth-order valence-electron chi connectivity index (χ4n) is 6.90. The molecular formula is C31H40N2O6. The fourth-order valence-corrected chi connectivity index (χ4v) is 6.90. The van der Waals surface area contributed by atoms with E-state index in [1.54, 1.807) is 4.90 Å². The van der Waals surface area contributed by atoms with Gasteiger partial charge in [-0.25, -0.2) is 0 Å². The molecule has 6 atom stereocenters. The third kappa shape index (κ3) is 4.82. The predicted molar refractivity (Wildman–Crippen MR) is 145 cm³/mol. The number of cyclic esters (lactones) is 1. The third-order valence-corrected chi connectivity index (χ3v) is 8.72. The molecule has 4 aliphatic rings. The molecule has 4 heterocycles. The van der Waals surface area contributed by atoms with Gasteiger partial charge in [0.25, 0.3) is 0 Å². The van der Waals surface area contributed by atoms with Crippen molar-refractivity contribution in [2.24, 2.45) is 11.8 Å². The summed E-state index contributed by atoms with van der Waals surface area (Å²) in [5.41, 5.74) is -1.51. The Hall–Kier alpha value is -2.97. The molecule has 0 aliphatic carbocycles. The molecule has 4 aliphatic heterocycles. The first-order chi connectivity index (χ1) is 18.9. The maximum Gasteiger partial charge on any atom is 0.313 e. The number of esters is 1. The van der Waals surface area contributed by atoms with Gasteiger partial charge in [0.05, 0.1) is 30.8 Å². The second kappa shape index (κ2) is 11.3. The zero-order valence-electron chi connectivity index (χ0n) is 23.0. The minimum Gasteiger partial charge on any atom is -0.465 e. The van der Waals surface area contributed by atoms with Crippen molar-refractivity contribution in [3.05, 3.63) is 60.2 Å². The Bertz CT molecular complexity index is 1140. The number of ether oxygens (including phenoxy) is 2. The highest BCUT2D eigenvalue weighted by Gasteiger charge is 2.75. The second-order valence-corrected chi connectivity index (χ2v) is 11.4. The van der Waals surface area contributed by atoms with Gasteiger partial charge in [-0.1, -0.05) is 74.4 Å². The molecule has 2 fully saturated rings. The molecule has 210 valence electrons. The number of rotatable bonds is 8. The molecular weight excluding hydrogens is 496 g/mol. The van der Waals surface area contributed by atoms with Gasteiger partial charge in [-0.2, -0.15) is 0 Å². The SMILES string of the molecule is CCCCCN1CC=C[C@]23O[C@]4(C)/C=C\CCCOC(=O)[C@@H]4[C@H]2C(=O)N([C@@H](CO)Cc2ccccc2)C3C1=O. The lowest BCUT2D eigenvalue weighted by molar-refractivity contribution is -0.161. The summed E-state index contributed by atoms with van der Waals surface area (Å²) in [4.78, 5) is 45.7. The van der Waals surface area contributed by atoms with Gasteiger partial charge < -0.3 is 24.4 Å². The van der Waals surface area contributed by atoms with Crippen LogP contribution in [0.3, 0.4) is 0 Å². The topological polar surface area (TPSA) is 96.4 Å². The van der Waals surface area contributed by atoms with Crippen molar-refractivity contribution in [2.45, 2.75) is 75.7 Å². The predicted octanol–water partition coefficient (Wildman–Crippen LogP) is 3.04. The van der Waals surface area contributed by atoms with Crippen molar-refractivity contribution in [3.63, 3.8) is 0 Å². The standard InChI is InChI=1S/C31H40N2O6/c1-3-4-10-17-32-18-12-16-31-24(25-29(37)38-19-11-6-9-15-30(25,2)39-31)27(35)33(26(31)28(32)36)23(21-34)20-22-13-7-5-8-14-22/h5,7-9,12-16,23-26,34H,3-4,6,10-11,17-21H2,1-2H3/b15-9-/t23-,24+,25+,26?,30-,31+/m1/s1. The number of fused-ring (bicyclic) bond motifs is 2. The number of benzene rings is 1. The summed E-state index contributed by atoms with van der Waals surface area (Å²) in [5, 5.41) is 10.6. The average Bonchev–Trinajstić information content (AvgIpc) is 3.29. The number of carbonyl (C=O) groups is 3. The number of unbranched alkanes of at least 4 members (excludes halogenated alkanes) is 2. The van der Waals surface area contributed by atoms with Crippen LogP contribution in [0.4, 0.5) is 0 Å². The molecule has 1 N–H and O–H groups in total. The van der Waals surface area contributed by atoms with Crippen LogP contribution in [0.5, 0.6) is 0 Å². The number of hydrogen-bond donors (Lipinski definition) is 1. The summed E-state index contributed by atoms with van der Waals surface area (Å²) in [6.45, 7) is 4.86. The Balaban J connectivity index is 1.61. The molecule has 1 spiro atoms. The minimum absolute atomic E-state index is 0.203. The molecule has 1 unspecified atom stereocenters. The summed E-state index contributed by atoms with van der Waals surface area (Å²) < 4.78 is 12.5. The first-order valence-corrected chi connectivity index (χ1v) is 14.3. The van der Waals surface area contributed by atoms with E-state index in [0.717, 1.165) is 31.2 Å². The van der Waals surface area contributed by atoms with Crippen LogP contribution < -0.4 is 0 Å². The van der Waals surface area contributed by atoms with Gasteiger partial charge in [-0.3, -0.25) is 14.4 Å². The van der Waals surface area contributed by atoms with Crippen LogP contribution in [0.25, 0.3) is 0 Å². The minimum atomic E-state index is -1.35. The van der Waals surface area contributed by atoms with Gasteiger partial charge in [0.1, 0.15) is 17.6 Å². The van der Waals surface area contributed by atoms with E-state index in [-0.39, 0.29) is 25.0 Å². The van der Waals surface area contributed by atoms with E-state index in [1.807, 2.05) is 61.6 Å². The molecule has 2 amide bonds. The van der Waals surface area contributed by atoms with Crippen LogP contribution in [0.15, 0.2) is 54.6 Å². The second-order valence-electron chi connectivity index (χ2n) is 11.4. The number of nitrogens with zero attached hydrogens (tertiary/aromatic N) is 2. The zero-order chi connectivity index (χ0) is 27.6. The summed E-state index contributed by atoms with van der Waals surface area (Å²) in [5.74, 6) is -2.88. The van der Waals surface area contributed by atoms with Crippen LogP contribution in [-0.4, -0.2) is 82.3 Å². The molecule has 0 saturated carbocycles. The molecule has 8 heteroatoms. The van der Waals surface area contributed by atoms with Crippen molar-refractivity contribution in [2.75, 3.05) is 26.3 Å². The lowest BCUT2D eigenvalue weighted by Crippen LogP contribution is -2.59. The van der Waals surface area contributed by atoms with Gasteiger partial charge >= 0.3 is 5.97 Å². The van der Waals surface area contributed by atoms with Crippen LogP contribution >= 0.6 is 0 Å². The highest BCUT2D eigenvalue weighted by atomic mass is 16.6. The van der Waals surface area contributed by atoms with Crippen LogP contribution in [0.2, 0.25) is 0 Å². The molecule has 8 nitrogen and oxygen atoms in total.